The summed E-state index contributed by atoms with van der Waals surface area (Å²) >= 11 is 1.32. The summed E-state index contributed by atoms with van der Waals surface area (Å²) in [6, 6.07) is 8.24. The second-order valence-electron chi connectivity index (χ2n) is 5.29. The van der Waals surface area contributed by atoms with E-state index in [-0.39, 0.29) is 4.90 Å². The number of aromatic amines is 1. The average Bonchev–Trinajstić information content (AvgIpc) is 3.17. The lowest BCUT2D eigenvalue weighted by Gasteiger charge is -2.00. The number of aromatic nitrogens is 4. The highest BCUT2D eigenvalue weighted by Gasteiger charge is 2.19. The van der Waals surface area contributed by atoms with Gasteiger partial charge in [-0.2, -0.15) is 5.10 Å². The molecule has 8 nitrogen and oxygen atoms in total. The minimum atomic E-state index is -3.77. The molecule has 0 aliphatic heterocycles. The maximum atomic E-state index is 11.5. The van der Waals surface area contributed by atoms with Crippen LogP contribution >= 0.6 is 11.3 Å². The minimum absolute atomic E-state index is 0.0460. The number of pyridine rings is 1. The molecule has 1 aromatic carbocycles. The molecule has 0 bridgehead atoms. The van der Waals surface area contributed by atoms with E-state index in [0.29, 0.717) is 26.6 Å². The number of nitrogens with one attached hydrogen (secondary N) is 1. The molecule has 10 heteroatoms. The van der Waals surface area contributed by atoms with Crippen LogP contribution in [-0.2, 0) is 10.0 Å². The Bertz CT molecular complexity index is 1180. The van der Waals surface area contributed by atoms with Gasteiger partial charge in [0.2, 0.25) is 10.0 Å². The number of H-pyrrole nitrogens is 1. The number of hydrogen-bond acceptors (Lipinski definition) is 7. The molecule has 3 heterocycles. The van der Waals surface area contributed by atoms with Gasteiger partial charge in [-0.25, -0.2) is 18.5 Å². The molecule has 5 N–H and O–H groups in total. The SMILES string of the molecule is Nc1n[nH]c(-c2ccncc2)c1-c1nc2ccc(S(N)(=O)=O)cc2s1. The van der Waals surface area contributed by atoms with Gasteiger partial charge in [0.1, 0.15) is 5.01 Å². The van der Waals surface area contributed by atoms with Crippen molar-refractivity contribution in [2.24, 2.45) is 5.14 Å². The van der Waals surface area contributed by atoms with Crippen LogP contribution in [0.25, 0.3) is 32.0 Å². The number of sulfonamides is 1. The van der Waals surface area contributed by atoms with E-state index in [1.165, 1.54) is 23.5 Å². The Labute approximate surface area is 146 Å². The van der Waals surface area contributed by atoms with Gasteiger partial charge in [-0.15, -0.1) is 11.3 Å². The Kier molecular flexibility index (Phi) is 3.53. The number of benzene rings is 1. The number of hydrogen-bond donors (Lipinski definition) is 3. The number of nitrogens with two attached hydrogens (primary N) is 2. The van der Waals surface area contributed by atoms with E-state index >= 15 is 0 Å². The zero-order valence-electron chi connectivity index (χ0n) is 12.7. The lowest BCUT2D eigenvalue weighted by molar-refractivity contribution is 0.598. The molecule has 25 heavy (non-hydrogen) atoms. The molecular weight excluding hydrogens is 360 g/mol. The largest absolute Gasteiger partial charge is 0.382 e. The Hall–Kier alpha value is -2.82. The van der Waals surface area contributed by atoms with Gasteiger partial charge in [-0.3, -0.25) is 10.1 Å². The summed E-state index contributed by atoms with van der Waals surface area (Å²) in [6.07, 6.45) is 3.35. The second-order valence-corrected chi connectivity index (χ2v) is 7.88. The fraction of sp³-hybridized carbons (Fsp3) is 0. The van der Waals surface area contributed by atoms with Crippen LogP contribution in [0.4, 0.5) is 5.82 Å². The fourth-order valence-corrected chi connectivity index (χ4v) is 4.17. The molecule has 0 amide bonds. The number of anilines is 1. The molecule has 0 fully saturated rings. The van der Waals surface area contributed by atoms with Crippen molar-refractivity contribution in [1.82, 2.24) is 20.2 Å². The Morgan fingerprint density at radius 2 is 1.88 bits per heavy atom. The van der Waals surface area contributed by atoms with Crippen LogP contribution in [0.15, 0.2) is 47.6 Å². The topological polar surface area (TPSA) is 141 Å². The van der Waals surface area contributed by atoms with E-state index < -0.39 is 10.0 Å². The summed E-state index contributed by atoms with van der Waals surface area (Å²) in [5, 5.41) is 12.8. The summed E-state index contributed by atoms with van der Waals surface area (Å²) in [7, 11) is -3.77. The number of nitrogens with zero attached hydrogens (tertiary/aromatic N) is 3. The van der Waals surface area contributed by atoms with Gasteiger partial charge in [0.05, 0.1) is 26.4 Å². The van der Waals surface area contributed by atoms with E-state index in [2.05, 4.69) is 20.2 Å². The van der Waals surface area contributed by atoms with Gasteiger partial charge < -0.3 is 5.73 Å². The molecule has 0 atom stereocenters. The van der Waals surface area contributed by atoms with Crippen molar-refractivity contribution in [3.05, 3.63) is 42.7 Å². The molecule has 126 valence electrons. The lowest BCUT2D eigenvalue weighted by atomic mass is 10.1. The van der Waals surface area contributed by atoms with Crippen molar-refractivity contribution < 1.29 is 8.42 Å². The maximum Gasteiger partial charge on any atom is 0.238 e. The summed E-state index contributed by atoms with van der Waals surface area (Å²) in [5.41, 5.74) is 8.96. The standard InChI is InChI=1S/C15H12N6O2S2/c16-14-12(13(20-21-14)8-3-5-18-6-4-8)15-19-10-2-1-9(25(17,22)23)7-11(10)24-15/h1-7H,(H3,16,20,21)(H2,17,22,23). The van der Waals surface area contributed by atoms with E-state index in [9.17, 15) is 8.42 Å². The first-order chi connectivity index (χ1) is 11.9. The average molecular weight is 372 g/mol. The molecule has 0 aliphatic rings. The Morgan fingerprint density at radius 1 is 1.12 bits per heavy atom. The zero-order chi connectivity index (χ0) is 17.6. The monoisotopic (exact) mass is 372 g/mol. The molecule has 3 aromatic heterocycles. The number of nitrogen functional groups attached to an aromatic ring is 1. The van der Waals surface area contributed by atoms with E-state index in [1.54, 1.807) is 18.5 Å². The third kappa shape index (κ3) is 2.76. The number of thiazole rings is 1. The van der Waals surface area contributed by atoms with Gasteiger partial charge >= 0.3 is 0 Å². The van der Waals surface area contributed by atoms with Crippen molar-refractivity contribution in [2.75, 3.05) is 5.73 Å². The molecule has 0 saturated heterocycles. The van der Waals surface area contributed by atoms with Crippen LogP contribution < -0.4 is 10.9 Å². The van der Waals surface area contributed by atoms with E-state index in [0.717, 1.165) is 11.3 Å². The van der Waals surface area contributed by atoms with Gasteiger partial charge in [0.15, 0.2) is 5.82 Å². The third-order valence-electron chi connectivity index (χ3n) is 3.67. The normalized spacial score (nSPS) is 11.9. The molecule has 0 spiro atoms. The van der Waals surface area contributed by atoms with Crippen molar-refractivity contribution in [1.29, 1.82) is 0 Å². The first-order valence-corrected chi connectivity index (χ1v) is 9.48. The minimum Gasteiger partial charge on any atom is -0.382 e. The predicted molar refractivity (Wildman–Crippen MR) is 96.2 cm³/mol. The molecular formula is C15H12N6O2S2. The van der Waals surface area contributed by atoms with Crippen LogP contribution in [-0.4, -0.2) is 28.6 Å². The molecule has 0 unspecified atom stereocenters. The zero-order valence-corrected chi connectivity index (χ0v) is 14.3. The molecule has 4 rings (SSSR count). The van der Waals surface area contributed by atoms with Gasteiger partial charge in [-0.05, 0) is 30.3 Å². The molecule has 0 aliphatic carbocycles. The van der Waals surface area contributed by atoms with Gasteiger partial charge in [0, 0.05) is 18.0 Å². The summed E-state index contributed by atoms with van der Waals surface area (Å²) < 4.78 is 23.7. The van der Waals surface area contributed by atoms with Crippen LogP contribution in [0.1, 0.15) is 0 Å². The van der Waals surface area contributed by atoms with Crippen molar-refractivity contribution in [3.8, 4) is 21.8 Å². The van der Waals surface area contributed by atoms with Crippen LogP contribution in [0.2, 0.25) is 0 Å². The number of rotatable bonds is 3. The highest BCUT2D eigenvalue weighted by atomic mass is 32.2. The van der Waals surface area contributed by atoms with Gasteiger partial charge in [0.25, 0.3) is 0 Å². The smallest absolute Gasteiger partial charge is 0.238 e. The van der Waals surface area contributed by atoms with Crippen molar-refractivity contribution in [2.45, 2.75) is 4.90 Å². The molecule has 0 saturated carbocycles. The predicted octanol–water partition coefficient (Wildman–Crippen LogP) is 1.98. The van der Waals surface area contributed by atoms with Crippen LogP contribution in [0.5, 0.6) is 0 Å². The first-order valence-electron chi connectivity index (χ1n) is 7.11. The van der Waals surface area contributed by atoms with E-state index in [1.807, 2.05) is 12.1 Å². The molecule has 4 aromatic rings. The summed E-state index contributed by atoms with van der Waals surface area (Å²) in [4.78, 5) is 8.60. The van der Waals surface area contributed by atoms with Crippen molar-refractivity contribution >= 4 is 37.4 Å². The maximum absolute atomic E-state index is 11.5. The van der Waals surface area contributed by atoms with Gasteiger partial charge in [-0.1, -0.05) is 0 Å². The van der Waals surface area contributed by atoms with Crippen molar-refractivity contribution in [3.63, 3.8) is 0 Å². The number of fused-ring (bicyclic) bond motifs is 1. The van der Waals surface area contributed by atoms with Crippen LogP contribution in [0.3, 0.4) is 0 Å². The summed E-state index contributed by atoms with van der Waals surface area (Å²) in [6.45, 7) is 0. The highest BCUT2D eigenvalue weighted by molar-refractivity contribution is 7.89. The Balaban J connectivity index is 1.90. The lowest BCUT2D eigenvalue weighted by Crippen LogP contribution is -2.11. The quantitative estimate of drug-likeness (QED) is 0.502. The highest BCUT2D eigenvalue weighted by Crippen LogP contribution is 2.39. The fourth-order valence-electron chi connectivity index (χ4n) is 2.49. The Morgan fingerprint density at radius 3 is 2.60 bits per heavy atom. The second kappa shape index (κ2) is 5.62. The number of primary sulfonamides is 1. The first kappa shape index (κ1) is 15.7. The van der Waals surface area contributed by atoms with E-state index in [4.69, 9.17) is 10.9 Å². The molecule has 0 radical (unpaired) electrons. The third-order valence-corrected chi connectivity index (χ3v) is 5.61. The van der Waals surface area contributed by atoms with Crippen LogP contribution in [0, 0.1) is 0 Å². The summed E-state index contributed by atoms with van der Waals surface area (Å²) in [5.74, 6) is 0.317.